The second-order valence-corrected chi connectivity index (χ2v) is 8.29. The van der Waals surface area contributed by atoms with E-state index in [-0.39, 0.29) is 5.91 Å². The number of carbonyl (C=O) groups is 1. The number of para-hydroxylation sites is 1. The fourth-order valence-electron chi connectivity index (χ4n) is 3.12. The highest BCUT2D eigenvalue weighted by molar-refractivity contribution is 8.00. The number of hydrogen-bond acceptors (Lipinski definition) is 3. The number of amides is 1. The van der Waals surface area contributed by atoms with Crippen LogP contribution < -0.4 is 16.0 Å². The molecule has 0 bridgehead atoms. The summed E-state index contributed by atoms with van der Waals surface area (Å²) in [5, 5.41) is 12.0. The van der Waals surface area contributed by atoms with Gasteiger partial charge in [-0.2, -0.15) is 0 Å². The molecule has 0 heterocycles. The Bertz CT molecular complexity index is 1190. The highest BCUT2D eigenvalue weighted by Crippen LogP contribution is 2.24. The third-order valence-corrected chi connectivity index (χ3v) is 5.79. The number of anilines is 3. The van der Waals surface area contributed by atoms with E-state index < -0.39 is 0 Å². The van der Waals surface area contributed by atoms with E-state index in [4.69, 9.17) is 12.2 Å². The molecule has 4 rings (SSSR count). The average Bonchev–Trinajstić information content (AvgIpc) is 2.79. The molecule has 0 fully saturated rings. The molecular formula is C25H21N3OS2. The largest absolute Gasteiger partial charge is 0.332 e. The maximum Gasteiger partial charge on any atom is 0.234 e. The van der Waals surface area contributed by atoms with Crippen LogP contribution in [0.3, 0.4) is 0 Å². The van der Waals surface area contributed by atoms with Crippen molar-refractivity contribution in [1.29, 1.82) is 0 Å². The van der Waals surface area contributed by atoms with Crippen LogP contribution in [0.25, 0.3) is 10.8 Å². The van der Waals surface area contributed by atoms with Gasteiger partial charge in [-0.05, 0) is 60.1 Å². The van der Waals surface area contributed by atoms with Gasteiger partial charge in [0.1, 0.15) is 0 Å². The standard InChI is InChI=1S/C25H21N3OS2/c29-24(28-23-12-6-8-18-7-4-5-11-22(18)23)17-31-21-15-13-20(14-16-21)27-25(30)26-19-9-2-1-3-10-19/h1-16H,17H2,(H,28,29)(H2,26,27,30). The van der Waals surface area contributed by atoms with Gasteiger partial charge in [0.25, 0.3) is 0 Å². The zero-order chi connectivity index (χ0) is 21.5. The average molecular weight is 444 g/mol. The second kappa shape index (κ2) is 10.1. The van der Waals surface area contributed by atoms with Crippen LogP contribution in [0.5, 0.6) is 0 Å². The summed E-state index contributed by atoms with van der Waals surface area (Å²) in [6.07, 6.45) is 0. The lowest BCUT2D eigenvalue weighted by Gasteiger charge is -2.11. The number of benzene rings is 4. The van der Waals surface area contributed by atoms with Gasteiger partial charge in [-0.3, -0.25) is 4.79 Å². The van der Waals surface area contributed by atoms with Crippen LogP contribution in [-0.4, -0.2) is 16.8 Å². The monoisotopic (exact) mass is 443 g/mol. The molecule has 0 aliphatic carbocycles. The van der Waals surface area contributed by atoms with Crippen molar-refractivity contribution >= 4 is 62.8 Å². The molecule has 1 amide bonds. The molecule has 0 aliphatic rings. The Morgan fingerprint density at radius 2 is 1.35 bits per heavy atom. The van der Waals surface area contributed by atoms with Gasteiger partial charge in [0.15, 0.2) is 5.11 Å². The predicted molar refractivity (Wildman–Crippen MR) is 136 cm³/mol. The van der Waals surface area contributed by atoms with Gasteiger partial charge < -0.3 is 16.0 Å². The molecule has 0 atom stereocenters. The van der Waals surface area contributed by atoms with E-state index >= 15 is 0 Å². The van der Waals surface area contributed by atoms with E-state index in [0.717, 1.165) is 32.7 Å². The SMILES string of the molecule is O=C(CSc1ccc(NC(=S)Nc2ccccc2)cc1)Nc1cccc2ccccc12. The minimum absolute atomic E-state index is 0.0307. The molecule has 0 saturated heterocycles. The van der Waals surface area contributed by atoms with Gasteiger partial charge in [-0.25, -0.2) is 0 Å². The third-order valence-electron chi connectivity index (χ3n) is 4.58. The summed E-state index contributed by atoms with van der Waals surface area (Å²) in [6, 6.07) is 31.6. The fraction of sp³-hybridized carbons (Fsp3) is 0.0400. The van der Waals surface area contributed by atoms with Crippen LogP contribution in [0.1, 0.15) is 0 Å². The molecule has 0 unspecified atom stereocenters. The molecule has 4 nitrogen and oxygen atoms in total. The smallest absolute Gasteiger partial charge is 0.234 e. The van der Waals surface area contributed by atoms with E-state index in [2.05, 4.69) is 16.0 Å². The van der Waals surface area contributed by atoms with Crippen LogP contribution in [-0.2, 0) is 4.79 Å². The first kappa shape index (κ1) is 20.9. The number of nitrogens with one attached hydrogen (secondary N) is 3. The van der Waals surface area contributed by atoms with Crippen molar-refractivity contribution in [1.82, 2.24) is 0 Å². The van der Waals surface area contributed by atoms with Crippen LogP contribution in [0.4, 0.5) is 17.1 Å². The van der Waals surface area contributed by atoms with Crippen molar-refractivity contribution in [2.75, 3.05) is 21.7 Å². The summed E-state index contributed by atoms with van der Waals surface area (Å²) in [5.41, 5.74) is 2.66. The highest BCUT2D eigenvalue weighted by atomic mass is 32.2. The Hall–Kier alpha value is -3.35. The Morgan fingerprint density at radius 3 is 2.13 bits per heavy atom. The van der Waals surface area contributed by atoms with Crippen LogP contribution >= 0.6 is 24.0 Å². The van der Waals surface area contributed by atoms with Crippen LogP contribution in [0.15, 0.2) is 102 Å². The first-order valence-electron chi connectivity index (χ1n) is 9.81. The maximum atomic E-state index is 12.4. The molecule has 31 heavy (non-hydrogen) atoms. The van der Waals surface area contributed by atoms with E-state index in [9.17, 15) is 4.79 Å². The molecule has 0 saturated carbocycles. The summed E-state index contributed by atoms with van der Waals surface area (Å²) >= 11 is 6.85. The molecule has 0 radical (unpaired) electrons. The first-order chi connectivity index (χ1) is 15.2. The molecule has 6 heteroatoms. The number of carbonyl (C=O) groups excluding carboxylic acids is 1. The highest BCUT2D eigenvalue weighted by Gasteiger charge is 2.07. The van der Waals surface area contributed by atoms with Crippen molar-refractivity contribution in [2.24, 2.45) is 0 Å². The Kier molecular flexibility index (Phi) is 6.82. The summed E-state index contributed by atoms with van der Waals surface area (Å²) in [5.74, 6) is 0.307. The van der Waals surface area contributed by atoms with Crippen molar-refractivity contribution in [3.8, 4) is 0 Å². The Morgan fingerprint density at radius 1 is 0.710 bits per heavy atom. The van der Waals surface area contributed by atoms with E-state index in [0.29, 0.717) is 10.9 Å². The lowest BCUT2D eigenvalue weighted by atomic mass is 10.1. The van der Waals surface area contributed by atoms with Crippen molar-refractivity contribution < 1.29 is 4.79 Å². The molecule has 0 aliphatic heterocycles. The Balaban J connectivity index is 1.29. The minimum atomic E-state index is -0.0307. The van der Waals surface area contributed by atoms with Crippen molar-refractivity contribution in [2.45, 2.75) is 4.90 Å². The van der Waals surface area contributed by atoms with Crippen molar-refractivity contribution in [3.05, 3.63) is 97.1 Å². The van der Waals surface area contributed by atoms with Gasteiger partial charge in [-0.1, -0.05) is 54.6 Å². The lowest BCUT2D eigenvalue weighted by Crippen LogP contribution is -2.18. The lowest BCUT2D eigenvalue weighted by molar-refractivity contribution is -0.113. The van der Waals surface area contributed by atoms with Crippen molar-refractivity contribution in [3.63, 3.8) is 0 Å². The molecule has 0 aromatic heterocycles. The number of rotatable bonds is 6. The first-order valence-corrected chi connectivity index (χ1v) is 11.2. The number of fused-ring (bicyclic) bond motifs is 1. The quantitative estimate of drug-likeness (QED) is 0.238. The van der Waals surface area contributed by atoms with Gasteiger partial charge >= 0.3 is 0 Å². The van der Waals surface area contributed by atoms with Gasteiger partial charge in [0.2, 0.25) is 5.91 Å². The number of thioether (sulfide) groups is 1. The minimum Gasteiger partial charge on any atom is -0.332 e. The Labute approximate surface area is 191 Å². The topological polar surface area (TPSA) is 53.2 Å². The predicted octanol–water partition coefficient (Wildman–Crippen LogP) is 6.38. The molecular weight excluding hydrogens is 422 g/mol. The summed E-state index contributed by atoms with van der Waals surface area (Å²) in [4.78, 5) is 13.5. The molecule has 4 aromatic rings. The zero-order valence-electron chi connectivity index (χ0n) is 16.7. The maximum absolute atomic E-state index is 12.4. The molecule has 3 N–H and O–H groups in total. The van der Waals surface area contributed by atoms with E-state index in [1.165, 1.54) is 11.8 Å². The van der Waals surface area contributed by atoms with Crippen LogP contribution in [0.2, 0.25) is 0 Å². The number of thiocarbonyl (C=S) groups is 1. The fourth-order valence-corrected chi connectivity index (χ4v) is 4.05. The molecule has 154 valence electrons. The van der Waals surface area contributed by atoms with E-state index in [1.54, 1.807) is 0 Å². The normalized spacial score (nSPS) is 10.5. The molecule has 4 aromatic carbocycles. The molecule has 0 spiro atoms. The van der Waals surface area contributed by atoms with Crippen LogP contribution in [0, 0.1) is 0 Å². The van der Waals surface area contributed by atoms with Gasteiger partial charge in [0.05, 0.1) is 5.75 Å². The van der Waals surface area contributed by atoms with Gasteiger partial charge in [-0.15, -0.1) is 11.8 Å². The van der Waals surface area contributed by atoms with E-state index in [1.807, 2.05) is 97.1 Å². The third kappa shape index (κ3) is 5.84. The van der Waals surface area contributed by atoms with Gasteiger partial charge in [0, 0.05) is 27.3 Å². The summed E-state index contributed by atoms with van der Waals surface area (Å²) in [6.45, 7) is 0. The second-order valence-electron chi connectivity index (χ2n) is 6.83. The zero-order valence-corrected chi connectivity index (χ0v) is 18.3. The summed E-state index contributed by atoms with van der Waals surface area (Å²) < 4.78 is 0. The number of hydrogen-bond donors (Lipinski definition) is 3. The summed E-state index contributed by atoms with van der Waals surface area (Å²) in [7, 11) is 0.